The molecule has 1 atom stereocenters. The molecule has 0 fully saturated rings. The number of nitrogens with zero attached hydrogens (tertiary/aromatic N) is 3. The Kier molecular flexibility index (Phi) is 11.9. The Balaban J connectivity index is 1.93. The van der Waals surface area contributed by atoms with Crippen LogP contribution in [0.5, 0.6) is 17.4 Å². The van der Waals surface area contributed by atoms with Gasteiger partial charge in [0.25, 0.3) is 0 Å². The number of unbranched alkanes of at least 4 members (excludes halogenated alkanes) is 1. The van der Waals surface area contributed by atoms with Crippen molar-refractivity contribution in [1.82, 2.24) is 14.7 Å². The lowest BCUT2D eigenvalue weighted by Gasteiger charge is -2.25. The molecule has 1 heterocycles. The second-order valence-electron chi connectivity index (χ2n) is 8.92. The molecular formula is C29H41N3O5. The molecule has 0 aliphatic heterocycles. The van der Waals surface area contributed by atoms with E-state index in [2.05, 4.69) is 18.7 Å². The summed E-state index contributed by atoms with van der Waals surface area (Å²) in [6.07, 6.45) is 2.19. The van der Waals surface area contributed by atoms with Gasteiger partial charge in [-0.15, -0.1) is 0 Å². The summed E-state index contributed by atoms with van der Waals surface area (Å²) in [7, 11) is 3.32. The lowest BCUT2D eigenvalue weighted by molar-refractivity contribution is 0.0100. The molecule has 8 nitrogen and oxygen atoms in total. The summed E-state index contributed by atoms with van der Waals surface area (Å²) >= 11 is 0. The van der Waals surface area contributed by atoms with Gasteiger partial charge in [0.1, 0.15) is 11.5 Å². The minimum atomic E-state index is -0.606. The van der Waals surface area contributed by atoms with Gasteiger partial charge >= 0.3 is 0 Å². The third kappa shape index (κ3) is 8.57. The summed E-state index contributed by atoms with van der Waals surface area (Å²) in [4.78, 5) is 2.17. The molecule has 2 aromatic carbocycles. The molecule has 0 amide bonds. The smallest absolute Gasteiger partial charge is 0.227 e. The highest BCUT2D eigenvalue weighted by molar-refractivity contribution is 5.44. The number of aliphatic hydroxyl groups is 1. The average molecular weight is 512 g/mol. The fourth-order valence-electron chi connectivity index (χ4n) is 4.04. The highest BCUT2D eigenvalue weighted by Crippen LogP contribution is 2.33. The minimum Gasteiger partial charge on any atom is -0.497 e. The molecule has 0 aliphatic carbocycles. The number of ether oxygens (including phenoxy) is 4. The van der Waals surface area contributed by atoms with Crippen LogP contribution in [0.25, 0.3) is 5.69 Å². The minimum absolute atomic E-state index is 0.306. The van der Waals surface area contributed by atoms with E-state index in [9.17, 15) is 5.11 Å². The number of rotatable bonds is 17. The second kappa shape index (κ2) is 15.4. The summed E-state index contributed by atoms with van der Waals surface area (Å²) in [6, 6.07) is 17.5. The SMILES string of the molecule is CCCCOC[C@@H](O)CN(CCOC)Cc1c(CC)nn(-c2ccccc2)c1Oc1cccc(OC)c1. The molecule has 0 bridgehead atoms. The van der Waals surface area contributed by atoms with Crippen molar-refractivity contribution in [2.75, 3.05) is 47.1 Å². The number of aliphatic hydroxyl groups excluding tert-OH is 1. The van der Waals surface area contributed by atoms with Gasteiger partial charge in [-0.1, -0.05) is 44.5 Å². The van der Waals surface area contributed by atoms with Crippen molar-refractivity contribution in [3.05, 3.63) is 65.9 Å². The maximum absolute atomic E-state index is 10.7. The summed E-state index contributed by atoms with van der Waals surface area (Å²) < 4.78 is 24.8. The van der Waals surface area contributed by atoms with Gasteiger partial charge in [0.15, 0.2) is 0 Å². The monoisotopic (exact) mass is 511 g/mol. The fourth-order valence-corrected chi connectivity index (χ4v) is 4.04. The number of hydrogen-bond donors (Lipinski definition) is 1. The molecule has 0 unspecified atom stereocenters. The zero-order valence-electron chi connectivity index (χ0n) is 22.6. The van der Waals surface area contributed by atoms with E-state index in [1.807, 2.05) is 59.3 Å². The van der Waals surface area contributed by atoms with E-state index in [0.29, 0.717) is 56.8 Å². The quantitative estimate of drug-likeness (QED) is 0.259. The van der Waals surface area contributed by atoms with Crippen molar-refractivity contribution in [3.8, 4) is 23.1 Å². The summed E-state index contributed by atoms with van der Waals surface area (Å²) in [6.45, 7) is 7.38. The third-order valence-corrected chi connectivity index (χ3v) is 6.03. The first-order valence-corrected chi connectivity index (χ1v) is 13.0. The molecule has 0 saturated carbocycles. The van der Waals surface area contributed by atoms with E-state index in [-0.39, 0.29) is 0 Å². The topological polar surface area (TPSA) is 78.2 Å². The highest BCUT2D eigenvalue weighted by Gasteiger charge is 2.24. The molecular weight excluding hydrogens is 470 g/mol. The predicted octanol–water partition coefficient (Wildman–Crippen LogP) is 4.86. The normalized spacial score (nSPS) is 12.2. The Hall–Kier alpha value is -2.91. The highest BCUT2D eigenvalue weighted by atomic mass is 16.5. The average Bonchev–Trinajstić information content (AvgIpc) is 3.27. The maximum Gasteiger partial charge on any atom is 0.227 e. The summed E-state index contributed by atoms with van der Waals surface area (Å²) in [5.74, 6) is 2.02. The molecule has 3 aromatic rings. The fraction of sp³-hybridized carbons (Fsp3) is 0.483. The van der Waals surface area contributed by atoms with Gasteiger partial charge in [-0.2, -0.15) is 5.10 Å². The van der Waals surface area contributed by atoms with Gasteiger partial charge in [-0.3, -0.25) is 4.90 Å². The first-order chi connectivity index (χ1) is 18.1. The number of methoxy groups -OCH3 is 2. The van der Waals surface area contributed by atoms with Crippen molar-refractivity contribution < 1.29 is 24.1 Å². The third-order valence-electron chi connectivity index (χ3n) is 6.03. The Morgan fingerprint density at radius 1 is 1.00 bits per heavy atom. The van der Waals surface area contributed by atoms with Gasteiger partial charge in [-0.25, -0.2) is 4.68 Å². The van der Waals surface area contributed by atoms with Crippen LogP contribution in [0.2, 0.25) is 0 Å². The van der Waals surface area contributed by atoms with E-state index < -0.39 is 6.10 Å². The standard InChI is InChI=1S/C29H41N3O5/c1-5-7-17-36-22-24(33)20-31(16-18-34-3)21-27-28(6-2)30-32(23-12-9-8-10-13-23)29(27)37-26-15-11-14-25(19-26)35-4/h8-15,19,24,33H,5-7,16-18,20-22H2,1-4H3/t24-/m0/s1. The van der Waals surface area contributed by atoms with Crippen LogP contribution in [-0.2, 0) is 22.4 Å². The second-order valence-corrected chi connectivity index (χ2v) is 8.92. The number of hydrogen-bond acceptors (Lipinski definition) is 7. The Morgan fingerprint density at radius 3 is 2.49 bits per heavy atom. The van der Waals surface area contributed by atoms with Crippen molar-refractivity contribution >= 4 is 0 Å². The molecule has 0 saturated heterocycles. The number of benzene rings is 2. The maximum atomic E-state index is 10.7. The molecule has 3 rings (SSSR count). The lowest BCUT2D eigenvalue weighted by Crippen LogP contribution is -2.36. The van der Waals surface area contributed by atoms with Crippen molar-refractivity contribution in [2.45, 2.75) is 45.8 Å². The van der Waals surface area contributed by atoms with Crippen molar-refractivity contribution in [1.29, 1.82) is 0 Å². The van der Waals surface area contributed by atoms with Gasteiger partial charge in [0.05, 0.1) is 43.4 Å². The molecule has 0 radical (unpaired) electrons. The van der Waals surface area contributed by atoms with Gasteiger partial charge in [-0.05, 0) is 37.1 Å². The molecule has 0 spiro atoms. The lowest BCUT2D eigenvalue weighted by atomic mass is 10.1. The van der Waals surface area contributed by atoms with E-state index in [1.165, 1.54) is 0 Å². The van der Waals surface area contributed by atoms with Gasteiger partial charge < -0.3 is 24.1 Å². The zero-order chi connectivity index (χ0) is 26.5. The zero-order valence-corrected chi connectivity index (χ0v) is 22.6. The van der Waals surface area contributed by atoms with Crippen LogP contribution in [-0.4, -0.2) is 73.0 Å². The van der Waals surface area contributed by atoms with Crippen molar-refractivity contribution in [3.63, 3.8) is 0 Å². The van der Waals surface area contributed by atoms with Crippen LogP contribution in [0.4, 0.5) is 0 Å². The van der Waals surface area contributed by atoms with Crippen LogP contribution in [0.3, 0.4) is 0 Å². The molecule has 1 N–H and O–H groups in total. The molecule has 1 aromatic heterocycles. The largest absolute Gasteiger partial charge is 0.497 e. The Labute approximate surface area is 220 Å². The van der Waals surface area contributed by atoms with Crippen LogP contribution in [0.1, 0.15) is 37.9 Å². The molecule has 37 heavy (non-hydrogen) atoms. The van der Waals surface area contributed by atoms with Gasteiger partial charge in [0, 0.05) is 39.4 Å². The molecule has 0 aliphatic rings. The van der Waals surface area contributed by atoms with Crippen LogP contribution >= 0.6 is 0 Å². The number of aromatic nitrogens is 2. The summed E-state index contributed by atoms with van der Waals surface area (Å²) in [5, 5.41) is 15.6. The molecule has 202 valence electrons. The van der Waals surface area contributed by atoms with E-state index in [4.69, 9.17) is 24.0 Å². The van der Waals surface area contributed by atoms with Crippen LogP contribution in [0.15, 0.2) is 54.6 Å². The Morgan fingerprint density at radius 2 is 1.78 bits per heavy atom. The van der Waals surface area contributed by atoms with Crippen LogP contribution < -0.4 is 9.47 Å². The summed E-state index contributed by atoms with van der Waals surface area (Å²) in [5.41, 5.74) is 2.83. The van der Waals surface area contributed by atoms with Crippen LogP contribution in [0, 0.1) is 0 Å². The number of para-hydroxylation sites is 1. The van der Waals surface area contributed by atoms with Crippen molar-refractivity contribution in [2.24, 2.45) is 0 Å². The Bertz CT molecular complexity index is 1060. The van der Waals surface area contributed by atoms with E-state index in [0.717, 1.165) is 36.2 Å². The first kappa shape index (κ1) is 28.7. The number of aryl methyl sites for hydroxylation is 1. The van der Waals surface area contributed by atoms with E-state index >= 15 is 0 Å². The predicted molar refractivity (Wildman–Crippen MR) is 145 cm³/mol. The first-order valence-electron chi connectivity index (χ1n) is 13.0. The molecule has 8 heteroatoms. The van der Waals surface area contributed by atoms with E-state index in [1.54, 1.807) is 14.2 Å². The van der Waals surface area contributed by atoms with Gasteiger partial charge in [0.2, 0.25) is 5.88 Å².